The van der Waals surface area contributed by atoms with E-state index in [1.807, 2.05) is 12.1 Å². The molecule has 112 valence electrons. The molecule has 0 amide bonds. The molecule has 0 saturated heterocycles. The van der Waals surface area contributed by atoms with Crippen LogP contribution in [-0.2, 0) is 0 Å². The highest BCUT2D eigenvalue weighted by Gasteiger charge is 2.18. The third-order valence-corrected chi connectivity index (χ3v) is 7.26. The molecule has 0 radical (unpaired) electrons. The van der Waals surface area contributed by atoms with Gasteiger partial charge in [0.25, 0.3) is 0 Å². The molecule has 0 aliphatic carbocycles. The van der Waals surface area contributed by atoms with Crippen molar-refractivity contribution in [1.29, 1.82) is 0 Å². The van der Waals surface area contributed by atoms with Crippen LogP contribution in [0.2, 0.25) is 19.6 Å². The number of thiol groups is 1. The second-order valence-electron chi connectivity index (χ2n) is 6.37. The first-order valence-electron chi connectivity index (χ1n) is 7.16. The molecule has 2 aromatic rings. The maximum absolute atomic E-state index is 10.2. The van der Waals surface area contributed by atoms with E-state index in [0.29, 0.717) is 14.3 Å². The summed E-state index contributed by atoms with van der Waals surface area (Å²) in [6.45, 7) is 9.08. The minimum atomic E-state index is -1.36. The SMILES string of the molecule is CC(S)c1ccccc1Pc1cc([Si](C)(C)C)ccc1O. The van der Waals surface area contributed by atoms with Gasteiger partial charge >= 0.3 is 0 Å². The van der Waals surface area contributed by atoms with Crippen LogP contribution in [0.3, 0.4) is 0 Å². The molecular formula is C17H23OPSSi. The highest BCUT2D eigenvalue weighted by atomic mass is 32.1. The monoisotopic (exact) mass is 334 g/mol. The van der Waals surface area contributed by atoms with Gasteiger partial charge in [-0.05, 0) is 23.9 Å². The highest BCUT2D eigenvalue weighted by Crippen LogP contribution is 2.25. The van der Waals surface area contributed by atoms with Gasteiger partial charge in [0.2, 0.25) is 0 Å². The summed E-state index contributed by atoms with van der Waals surface area (Å²) in [5.41, 5.74) is 1.25. The maximum atomic E-state index is 10.2. The van der Waals surface area contributed by atoms with Crippen molar-refractivity contribution in [3.8, 4) is 5.75 Å². The Kier molecular flexibility index (Phi) is 5.18. The first kappa shape index (κ1) is 16.6. The molecule has 0 spiro atoms. The van der Waals surface area contributed by atoms with E-state index in [0.717, 1.165) is 5.30 Å². The van der Waals surface area contributed by atoms with Crippen molar-refractivity contribution in [2.24, 2.45) is 0 Å². The molecule has 0 aliphatic heterocycles. The number of rotatable bonds is 4. The lowest BCUT2D eigenvalue weighted by molar-refractivity contribution is 0.480. The number of hydrogen-bond acceptors (Lipinski definition) is 2. The van der Waals surface area contributed by atoms with E-state index < -0.39 is 8.07 Å². The Labute approximate surface area is 136 Å². The van der Waals surface area contributed by atoms with E-state index in [9.17, 15) is 5.11 Å². The molecule has 2 atom stereocenters. The summed E-state index contributed by atoms with van der Waals surface area (Å²) in [7, 11) is -0.896. The van der Waals surface area contributed by atoms with Crippen molar-refractivity contribution in [2.45, 2.75) is 31.8 Å². The third-order valence-electron chi connectivity index (χ3n) is 3.54. The average molecular weight is 334 g/mol. The summed E-state index contributed by atoms with van der Waals surface area (Å²) in [5.74, 6) is 0.400. The summed E-state index contributed by atoms with van der Waals surface area (Å²) in [5, 5.41) is 14.1. The van der Waals surface area contributed by atoms with Crippen LogP contribution in [0.15, 0.2) is 42.5 Å². The first-order valence-corrected chi connectivity index (χ1v) is 12.2. The third kappa shape index (κ3) is 4.12. The molecule has 0 heterocycles. The Morgan fingerprint density at radius 1 is 1.05 bits per heavy atom. The van der Waals surface area contributed by atoms with Crippen LogP contribution in [0, 0.1) is 0 Å². The average Bonchev–Trinajstić information content (AvgIpc) is 2.40. The van der Waals surface area contributed by atoms with E-state index in [-0.39, 0.29) is 5.25 Å². The van der Waals surface area contributed by atoms with Crippen LogP contribution in [0.4, 0.5) is 0 Å². The van der Waals surface area contributed by atoms with Crippen LogP contribution < -0.4 is 15.8 Å². The van der Waals surface area contributed by atoms with Gasteiger partial charge in [-0.1, -0.05) is 69.8 Å². The standard InChI is InChI=1S/C17H23OPSSi/c1-12(20)14-7-5-6-8-16(14)19-17-11-13(21(2,3)4)9-10-15(17)18/h5-12,18-20H,1-4H3. The fourth-order valence-electron chi connectivity index (χ4n) is 2.22. The molecule has 0 bridgehead atoms. The van der Waals surface area contributed by atoms with Crippen molar-refractivity contribution >= 4 is 45.1 Å². The van der Waals surface area contributed by atoms with Gasteiger partial charge < -0.3 is 5.11 Å². The lowest BCUT2D eigenvalue weighted by Gasteiger charge is -2.19. The highest BCUT2D eigenvalue weighted by molar-refractivity contribution is 7.80. The Morgan fingerprint density at radius 2 is 1.71 bits per heavy atom. The summed E-state index contributed by atoms with van der Waals surface area (Å²) in [6.07, 6.45) is 0. The topological polar surface area (TPSA) is 20.2 Å². The molecule has 0 aromatic heterocycles. The van der Waals surface area contributed by atoms with Crippen LogP contribution in [0.1, 0.15) is 17.7 Å². The van der Waals surface area contributed by atoms with Gasteiger partial charge in [0.05, 0.1) is 8.07 Å². The van der Waals surface area contributed by atoms with E-state index in [4.69, 9.17) is 0 Å². The molecule has 0 saturated carbocycles. The fraction of sp³-hybridized carbons (Fsp3) is 0.294. The van der Waals surface area contributed by atoms with Gasteiger partial charge in [0.15, 0.2) is 0 Å². The van der Waals surface area contributed by atoms with Crippen molar-refractivity contribution in [3.63, 3.8) is 0 Å². The predicted octanol–water partition coefficient (Wildman–Crippen LogP) is 3.56. The van der Waals surface area contributed by atoms with Crippen LogP contribution in [0.5, 0.6) is 5.75 Å². The Hall–Kier alpha value is -0.763. The number of phenolic OH excluding ortho intramolecular Hbond substituents is 1. The van der Waals surface area contributed by atoms with Gasteiger partial charge in [-0.15, -0.1) is 0 Å². The molecule has 21 heavy (non-hydrogen) atoms. The summed E-state index contributed by atoms with van der Waals surface area (Å²) in [6, 6.07) is 14.5. The van der Waals surface area contributed by atoms with Gasteiger partial charge in [0.1, 0.15) is 5.75 Å². The van der Waals surface area contributed by atoms with Crippen molar-refractivity contribution in [1.82, 2.24) is 0 Å². The second kappa shape index (κ2) is 6.56. The smallest absolute Gasteiger partial charge is 0.123 e. The summed E-state index contributed by atoms with van der Waals surface area (Å²) in [4.78, 5) is 0. The van der Waals surface area contributed by atoms with Crippen molar-refractivity contribution < 1.29 is 5.11 Å². The molecular weight excluding hydrogens is 311 g/mol. The second-order valence-corrected chi connectivity index (χ2v) is 13.5. The lowest BCUT2D eigenvalue weighted by Crippen LogP contribution is -2.38. The van der Waals surface area contributed by atoms with Crippen LogP contribution in [-0.4, -0.2) is 13.2 Å². The number of benzene rings is 2. The summed E-state index contributed by atoms with van der Waals surface area (Å²) >= 11 is 4.56. The Balaban J connectivity index is 2.40. The largest absolute Gasteiger partial charge is 0.507 e. The minimum Gasteiger partial charge on any atom is -0.507 e. The number of aromatic hydroxyl groups is 1. The number of phenols is 1. The van der Waals surface area contributed by atoms with Crippen molar-refractivity contribution in [3.05, 3.63) is 48.0 Å². The summed E-state index contributed by atoms with van der Waals surface area (Å²) < 4.78 is 0. The molecule has 4 heteroatoms. The fourth-order valence-corrected chi connectivity index (χ4v) is 5.23. The molecule has 2 aromatic carbocycles. The van der Waals surface area contributed by atoms with Gasteiger partial charge in [-0.25, -0.2) is 0 Å². The van der Waals surface area contributed by atoms with Gasteiger partial charge in [-0.2, -0.15) is 12.6 Å². The van der Waals surface area contributed by atoms with E-state index in [1.54, 1.807) is 0 Å². The molecule has 2 rings (SSSR count). The Bertz CT molecular complexity index is 635. The van der Waals surface area contributed by atoms with Crippen molar-refractivity contribution in [2.75, 3.05) is 0 Å². The molecule has 0 aliphatic rings. The first-order chi connectivity index (χ1) is 9.79. The molecule has 2 unspecified atom stereocenters. The Morgan fingerprint density at radius 3 is 2.33 bits per heavy atom. The zero-order chi connectivity index (χ0) is 15.6. The lowest BCUT2D eigenvalue weighted by atomic mass is 10.2. The van der Waals surface area contributed by atoms with Crippen LogP contribution >= 0.6 is 21.2 Å². The normalized spacial score (nSPS) is 13.8. The predicted molar refractivity (Wildman–Crippen MR) is 103 cm³/mol. The number of hydrogen-bond donors (Lipinski definition) is 2. The van der Waals surface area contributed by atoms with E-state index in [1.165, 1.54) is 16.1 Å². The van der Waals surface area contributed by atoms with Gasteiger partial charge in [-0.3, -0.25) is 0 Å². The molecule has 1 nitrogen and oxygen atoms in total. The van der Waals surface area contributed by atoms with Crippen LogP contribution in [0.25, 0.3) is 0 Å². The van der Waals surface area contributed by atoms with Gasteiger partial charge in [0, 0.05) is 10.6 Å². The molecule has 0 fully saturated rings. The molecule has 1 N–H and O–H groups in total. The zero-order valence-electron chi connectivity index (χ0n) is 13.0. The zero-order valence-corrected chi connectivity index (χ0v) is 15.9. The maximum Gasteiger partial charge on any atom is 0.123 e. The van der Waals surface area contributed by atoms with E-state index >= 15 is 0 Å². The quantitative estimate of drug-likeness (QED) is 0.498. The van der Waals surface area contributed by atoms with E-state index in [2.05, 4.69) is 69.5 Å². The minimum absolute atomic E-state index is 0.205.